The second-order valence-electron chi connectivity index (χ2n) is 5.38. The van der Waals surface area contributed by atoms with E-state index < -0.39 is 0 Å². The molecule has 1 aliphatic carbocycles. The second kappa shape index (κ2) is 6.39. The van der Waals surface area contributed by atoms with E-state index in [-0.39, 0.29) is 17.7 Å². The Hall–Kier alpha value is -2.69. The molecule has 1 aliphatic rings. The fourth-order valence-electron chi connectivity index (χ4n) is 2.08. The van der Waals surface area contributed by atoms with Crippen molar-refractivity contribution < 1.29 is 9.59 Å². The van der Waals surface area contributed by atoms with Gasteiger partial charge in [-0.15, -0.1) is 0 Å². The summed E-state index contributed by atoms with van der Waals surface area (Å²) in [6, 6.07) is 10.7. The topological polar surface area (TPSA) is 71.1 Å². The van der Waals surface area contributed by atoms with Crippen molar-refractivity contribution in [1.29, 1.82) is 0 Å². The minimum atomic E-state index is -0.149. The maximum atomic E-state index is 12.1. The molecule has 3 rings (SSSR count). The number of aromatic nitrogens is 1. The van der Waals surface area contributed by atoms with Crippen LogP contribution in [0, 0.1) is 5.92 Å². The van der Waals surface area contributed by atoms with Gasteiger partial charge in [0.2, 0.25) is 5.91 Å². The molecule has 2 amide bonds. The standard InChI is InChI=1S/C17H17N3O2/c21-16(19-11-12-2-1-9-18-10-12)13-5-7-15(8-6-13)20-17(22)14-3-4-14/h1-2,5-10,14H,3-4,11H2,(H,19,21)(H,20,22). The highest BCUT2D eigenvalue weighted by Gasteiger charge is 2.29. The summed E-state index contributed by atoms with van der Waals surface area (Å²) < 4.78 is 0. The SMILES string of the molecule is O=C(NCc1cccnc1)c1ccc(NC(=O)C2CC2)cc1. The molecule has 1 heterocycles. The number of hydrogen-bond acceptors (Lipinski definition) is 3. The first-order chi connectivity index (χ1) is 10.7. The first-order valence-electron chi connectivity index (χ1n) is 7.30. The third-order valence-electron chi connectivity index (χ3n) is 3.54. The molecule has 5 nitrogen and oxygen atoms in total. The van der Waals surface area contributed by atoms with E-state index in [9.17, 15) is 9.59 Å². The number of benzene rings is 1. The van der Waals surface area contributed by atoms with Gasteiger partial charge in [-0.25, -0.2) is 0 Å². The lowest BCUT2D eigenvalue weighted by molar-refractivity contribution is -0.117. The lowest BCUT2D eigenvalue weighted by atomic mass is 10.2. The molecule has 2 aromatic rings. The average Bonchev–Trinajstić information content (AvgIpc) is 3.39. The summed E-state index contributed by atoms with van der Waals surface area (Å²) in [5.74, 6) is 0.0835. The first-order valence-corrected chi connectivity index (χ1v) is 7.30. The molecule has 1 aromatic heterocycles. The number of carbonyl (C=O) groups is 2. The highest BCUT2D eigenvalue weighted by atomic mass is 16.2. The Morgan fingerprint density at radius 3 is 2.55 bits per heavy atom. The van der Waals surface area contributed by atoms with Gasteiger partial charge in [0.05, 0.1) is 0 Å². The average molecular weight is 295 g/mol. The number of anilines is 1. The largest absolute Gasteiger partial charge is 0.348 e. The van der Waals surface area contributed by atoms with E-state index in [1.54, 1.807) is 36.7 Å². The normalized spacial score (nSPS) is 13.5. The van der Waals surface area contributed by atoms with Crippen molar-refractivity contribution >= 4 is 17.5 Å². The van der Waals surface area contributed by atoms with Gasteiger partial charge in [-0.1, -0.05) is 6.07 Å². The summed E-state index contributed by atoms with van der Waals surface area (Å²) in [4.78, 5) is 27.7. The van der Waals surface area contributed by atoms with Gasteiger partial charge in [0, 0.05) is 36.1 Å². The van der Waals surface area contributed by atoms with Crippen LogP contribution in [-0.4, -0.2) is 16.8 Å². The van der Waals surface area contributed by atoms with Gasteiger partial charge in [-0.05, 0) is 48.7 Å². The van der Waals surface area contributed by atoms with E-state index in [2.05, 4.69) is 15.6 Å². The number of carbonyl (C=O) groups excluding carboxylic acids is 2. The summed E-state index contributed by atoms with van der Waals surface area (Å²) in [6.07, 6.45) is 5.36. The van der Waals surface area contributed by atoms with E-state index in [1.807, 2.05) is 12.1 Å². The highest BCUT2D eigenvalue weighted by Crippen LogP contribution is 2.30. The van der Waals surface area contributed by atoms with Gasteiger partial charge < -0.3 is 10.6 Å². The van der Waals surface area contributed by atoms with Crippen LogP contribution in [0.15, 0.2) is 48.8 Å². The zero-order valence-electron chi connectivity index (χ0n) is 12.1. The fraction of sp³-hybridized carbons (Fsp3) is 0.235. The minimum Gasteiger partial charge on any atom is -0.348 e. The summed E-state index contributed by atoms with van der Waals surface area (Å²) in [6.45, 7) is 0.437. The van der Waals surface area contributed by atoms with Crippen LogP contribution in [0.5, 0.6) is 0 Å². The maximum Gasteiger partial charge on any atom is 0.251 e. The third kappa shape index (κ3) is 3.69. The van der Waals surface area contributed by atoms with E-state index >= 15 is 0 Å². The molecule has 0 unspecified atom stereocenters. The van der Waals surface area contributed by atoms with Crippen molar-refractivity contribution in [2.24, 2.45) is 5.92 Å². The molecule has 1 saturated carbocycles. The molecule has 1 aromatic carbocycles. The number of nitrogens with zero attached hydrogens (tertiary/aromatic N) is 1. The molecular formula is C17H17N3O2. The zero-order valence-corrected chi connectivity index (χ0v) is 12.1. The molecule has 2 N–H and O–H groups in total. The Kier molecular flexibility index (Phi) is 4.14. The number of nitrogens with one attached hydrogen (secondary N) is 2. The van der Waals surface area contributed by atoms with Crippen LogP contribution in [0.2, 0.25) is 0 Å². The smallest absolute Gasteiger partial charge is 0.251 e. The lowest BCUT2D eigenvalue weighted by Gasteiger charge is -2.07. The predicted octanol–water partition coefficient (Wildman–Crippen LogP) is 2.36. The van der Waals surface area contributed by atoms with Gasteiger partial charge in [-0.2, -0.15) is 0 Å². The van der Waals surface area contributed by atoms with Crippen molar-refractivity contribution in [3.63, 3.8) is 0 Å². The van der Waals surface area contributed by atoms with Crippen molar-refractivity contribution in [3.05, 3.63) is 59.9 Å². The van der Waals surface area contributed by atoms with E-state index in [4.69, 9.17) is 0 Å². The molecule has 5 heteroatoms. The van der Waals surface area contributed by atoms with Gasteiger partial charge in [0.15, 0.2) is 0 Å². The summed E-state index contributed by atoms with van der Waals surface area (Å²) >= 11 is 0. The van der Waals surface area contributed by atoms with Gasteiger partial charge in [0.1, 0.15) is 0 Å². The third-order valence-corrected chi connectivity index (χ3v) is 3.54. The molecule has 0 aliphatic heterocycles. The van der Waals surface area contributed by atoms with Crippen LogP contribution in [0.25, 0.3) is 0 Å². The molecule has 0 bridgehead atoms. The molecule has 22 heavy (non-hydrogen) atoms. The predicted molar refractivity (Wildman–Crippen MR) is 83.2 cm³/mol. The Balaban J connectivity index is 1.55. The van der Waals surface area contributed by atoms with Crippen LogP contribution >= 0.6 is 0 Å². The maximum absolute atomic E-state index is 12.1. The van der Waals surface area contributed by atoms with Gasteiger partial charge in [-0.3, -0.25) is 14.6 Å². The quantitative estimate of drug-likeness (QED) is 0.889. The van der Waals surface area contributed by atoms with Crippen molar-refractivity contribution in [2.75, 3.05) is 5.32 Å². The van der Waals surface area contributed by atoms with Crippen LogP contribution in [0.3, 0.4) is 0 Å². The number of amides is 2. The van der Waals surface area contributed by atoms with Crippen molar-refractivity contribution in [1.82, 2.24) is 10.3 Å². The van der Waals surface area contributed by atoms with Crippen LogP contribution < -0.4 is 10.6 Å². The number of hydrogen-bond donors (Lipinski definition) is 2. The van der Waals surface area contributed by atoms with Gasteiger partial charge in [0.25, 0.3) is 5.91 Å². The first kappa shape index (κ1) is 14.3. The molecular weight excluding hydrogens is 278 g/mol. The molecule has 0 spiro atoms. The van der Waals surface area contributed by atoms with Crippen LogP contribution in [-0.2, 0) is 11.3 Å². The van der Waals surface area contributed by atoms with Crippen molar-refractivity contribution in [2.45, 2.75) is 19.4 Å². The number of rotatable bonds is 5. The minimum absolute atomic E-state index is 0.0637. The Bertz CT molecular complexity index is 664. The molecule has 0 atom stereocenters. The Labute approximate surface area is 128 Å². The van der Waals surface area contributed by atoms with E-state index in [0.717, 1.165) is 24.1 Å². The van der Waals surface area contributed by atoms with E-state index in [0.29, 0.717) is 12.1 Å². The Morgan fingerprint density at radius 2 is 1.91 bits per heavy atom. The summed E-state index contributed by atoms with van der Waals surface area (Å²) in [5, 5.41) is 5.69. The van der Waals surface area contributed by atoms with Crippen molar-refractivity contribution in [3.8, 4) is 0 Å². The van der Waals surface area contributed by atoms with Crippen LogP contribution in [0.1, 0.15) is 28.8 Å². The monoisotopic (exact) mass is 295 g/mol. The van der Waals surface area contributed by atoms with Crippen LogP contribution in [0.4, 0.5) is 5.69 Å². The highest BCUT2D eigenvalue weighted by molar-refractivity contribution is 5.96. The Morgan fingerprint density at radius 1 is 1.14 bits per heavy atom. The van der Waals surface area contributed by atoms with Gasteiger partial charge >= 0.3 is 0 Å². The molecule has 0 radical (unpaired) electrons. The molecule has 1 fully saturated rings. The molecule has 112 valence electrons. The lowest BCUT2D eigenvalue weighted by Crippen LogP contribution is -2.22. The van der Waals surface area contributed by atoms with E-state index in [1.165, 1.54) is 0 Å². The zero-order chi connectivity index (χ0) is 15.4. The number of pyridine rings is 1. The fourth-order valence-corrected chi connectivity index (χ4v) is 2.08. The second-order valence-corrected chi connectivity index (χ2v) is 5.38. The summed E-state index contributed by atoms with van der Waals surface area (Å²) in [5.41, 5.74) is 2.23. The molecule has 0 saturated heterocycles. The summed E-state index contributed by atoms with van der Waals surface area (Å²) in [7, 11) is 0.